The van der Waals surface area contributed by atoms with Gasteiger partial charge in [-0.15, -0.1) is 0 Å². The molecule has 0 spiro atoms. The van der Waals surface area contributed by atoms with Gasteiger partial charge < -0.3 is 15.1 Å². The summed E-state index contributed by atoms with van der Waals surface area (Å²) in [7, 11) is 8.34. The van der Waals surface area contributed by atoms with E-state index in [1.807, 2.05) is 12.3 Å². The van der Waals surface area contributed by atoms with Gasteiger partial charge in [-0.25, -0.2) is 4.98 Å². The summed E-state index contributed by atoms with van der Waals surface area (Å²) >= 11 is 0. The smallest absolute Gasteiger partial charge is 0.137 e. The lowest BCUT2D eigenvalue weighted by molar-refractivity contribution is 0.475. The first-order valence-electron chi connectivity index (χ1n) is 17.9. The minimum absolute atomic E-state index is 0.0470. The standard InChI is InChI=1S/C45H47N5/c1-28(2)36-27-39(47-30-12-14-31(15-13-30)48(5)6)37-26-38-42-29(22-23-45(38,3)4)25-40(35-21-20-34(36)43(37)44(35)42)50(41-11-9-10-24-46-41)33-18-16-32(17-19-33)49(7)8/h9-21,24-28,47H,22-23H2,1-8H3. The van der Waals surface area contributed by atoms with Gasteiger partial charge in [0.1, 0.15) is 5.82 Å². The van der Waals surface area contributed by atoms with Gasteiger partial charge in [0.05, 0.1) is 5.69 Å². The van der Waals surface area contributed by atoms with E-state index in [9.17, 15) is 0 Å². The normalized spacial score (nSPS) is 13.8. The van der Waals surface area contributed by atoms with Crippen LogP contribution in [0.5, 0.6) is 0 Å². The Bertz CT molecular complexity index is 2340. The molecule has 0 unspecified atom stereocenters. The van der Waals surface area contributed by atoms with Crippen LogP contribution in [0.2, 0.25) is 0 Å². The number of nitrogens with one attached hydrogen (secondary N) is 1. The maximum Gasteiger partial charge on any atom is 0.137 e. The van der Waals surface area contributed by atoms with Crippen molar-refractivity contribution in [3.63, 3.8) is 0 Å². The maximum atomic E-state index is 4.93. The predicted molar refractivity (Wildman–Crippen MR) is 216 cm³/mol. The lowest BCUT2D eigenvalue weighted by Gasteiger charge is -2.36. The molecule has 8 rings (SSSR count). The van der Waals surface area contributed by atoms with Gasteiger partial charge in [-0.3, -0.25) is 4.90 Å². The molecule has 0 bridgehead atoms. The fourth-order valence-electron chi connectivity index (χ4n) is 8.05. The van der Waals surface area contributed by atoms with E-state index in [1.165, 1.54) is 71.8 Å². The summed E-state index contributed by atoms with van der Waals surface area (Å²) in [5.41, 5.74) is 11.2. The summed E-state index contributed by atoms with van der Waals surface area (Å²) in [6.45, 7) is 9.48. The summed E-state index contributed by atoms with van der Waals surface area (Å²) in [6, 6.07) is 35.9. The van der Waals surface area contributed by atoms with Crippen molar-refractivity contribution in [1.82, 2.24) is 4.98 Å². The SMILES string of the molecule is CC(C)c1cc(Nc2ccc(N(C)C)cc2)c2cc3c4c(cc(N(c5ccc(N(C)C)cc5)c5ccccn5)c5ccc1c2c54)CCC3(C)C. The predicted octanol–water partition coefficient (Wildman–Crippen LogP) is 11.7. The second-order valence-electron chi connectivity index (χ2n) is 15.4. The molecule has 6 aromatic carbocycles. The van der Waals surface area contributed by atoms with E-state index >= 15 is 0 Å². The number of rotatable bonds is 8. The Hall–Kier alpha value is -5.29. The average molecular weight is 658 g/mol. The number of pyridine rings is 1. The Morgan fingerprint density at radius 1 is 0.680 bits per heavy atom. The molecule has 1 aliphatic carbocycles. The van der Waals surface area contributed by atoms with Crippen molar-refractivity contribution in [2.45, 2.75) is 51.9 Å². The summed E-state index contributed by atoms with van der Waals surface area (Å²) in [6.07, 6.45) is 4.04. The summed E-state index contributed by atoms with van der Waals surface area (Å²) < 4.78 is 0. The second kappa shape index (κ2) is 11.9. The zero-order valence-electron chi connectivity index (χ0n) is 30.6. The number of aryl methyl sites for hydroxylation is 1. The highest BCUT2D eigenvalue weighted by molar-refractivity contribution is 6.30. The van der Waals surface area contributed by atoms with Crippen LogP contribution in [0.3, 0.4) is 0 Å². The Balaban J connectivity index is 1.46. The Labute approximate surface area is 296 Å². The van der Waals surface area contributed by atoms with Crippen molar-refractivity contribution in [3.8, 4) is 0 Å². The fourth-order valence-corrected chi connectivity index (χ4v) is 8.05. The highest BCUT2D eigenvalue weighted by Gasteiger charge is 2.33. The highest BCUT2D eigenvalue weighted by atomic mass is 15.2. The second-order valence-corrected chi connectivity index (χ2v) is 15.4. The van der Waals surface area contributed by atoms with Crippen LogP contribution in [0.1, 0.15) is 56.7 Å². The summed E-state index contributed by atoms with van der Waals surface area (Å²) in [5, 5.41) is 11.9. The third-order valence-corrected chi connectivity index (χ3v) is 10.9. The van der Waals surface area contributed by atoms with Crippen molar-refractivity contribution >= 4 is 72.3 Å². The van der Waals surface area contributed by atoms with Crippen molar-refractivity contribution in [3.05, 3.63) is 120 Å². The van der Waals surface area contributed by atoms with Crippen molar-refractivity contribution < 1.29 is 0 Å². The molecule has 7 aromatic rings. The Morgan fingerprint density at radius 3 is 1.98 bits per heavy atom. The van der Waals surface area contributed by atoms with Gasteiger partial charge in [0.2, 0.25) is 0 Å². The number of nitrogens with zero attached hydrogens (tertiary/aromatic N) is 4. The molecule has 5 heteroatoms. The zero-order valence-corrected chi connectivity index (χ0v) is 30.6. The molecular weight excluding hydrogens is 611 g/mol. The molecule has 1 aliphatic rings. The molecule has 1 heterocycles. The van der Waals surface area contributed by atoms with Gasteiger partial charge in [-0.1, -0.05) is 45.9 Å². The quantitative estimate of drug-likeness (QED) is 0.165. The molecule has 0 radical (unpaired) electrons. The molecule has 252 valence electrons. The van der Waals surface area contributed by atoms with Crippen LogP contribution in [-0.4, -0.2) is 33.2 Å². The average Bonchev–Trinajstić information content (AvgIpc) is 3.11. The molecule has 0 fully saturated rings. The monoisotopic (exact) mass is 657 g/mol. The van der Waals surface area contributed by atoms with Crippen LogP contribution < -0.4 is 20.0 Å². The van der Waals surface area contributed by atoms with E-state index in [0.29, 0.717) is 5.92 Å². The van der Waals surface area contributed by atoms with E-state index in [2.05, 4.69) is 167 Å². The fraction of sp³-hybridized carbons (Fsp3) is 0.267. The van der Waals surface area contributed by atoms with Crippen molar-refractivity contribution in [1.29, 1.82) is 0 Å². The largest absolute Gasteiger partial charge is 0.378 e. The Kier molecular flexibility index (Phi) is 7.63. The molecule has 1 aromatic heterocycles. The number of hydrogen-bond acceptors (Lipinski definition) is 5. The van der Waals surface area contributed by atoms with E-state index in [-0.39, 0.29) is 5.41 Å². The third kappa shape index (κ3) is 5.19. The first kappa shape index (κ1) is 31.9. The van der Waals surface area contributed by atoms with Gasteiger partial charge in [-0.2, -0.15) is 0 Å². The first-order chi connectivity index (χ1) is 24.0. The van der Waals surface area contributed by atoms with Gasteiger partial charge in [0.15, 0.2) is 0 Å². The van der Waals surface area contributed by atoms with Crippen LogP contribution in [0.25, 0.3) is 32.3 Å². The summed E-state index contributed by atoms with van der Waals surface area (Å²) in [4.78, 5) is 11.6. The molecule has 50 heavy (non-hydrogen) atoms. The lowest BCUT2D eigenvalue weighted by atomic mass is 9.70. The van der Waals surface area contributed by atoms with Crippen LogP contribution in [0.15, 0.2) is 103 Å². The van der Waals surface area contributed by atoms with Crippen LogP contribution in [0.4, 0.5) is 39.9 Å². The molecule has 0 atom stereocenters. The van der Waals surface area contributed by atoms with Crippen LogP contribution in [-0.2, 0) is 11.8 Å². The molecule has 0 aliphatic heterocycles. The van der Waals surface area contributed by atoms with Gasteiger partial charge >= 0.3 is 0 Å². The molecule has 0 amide bonds. The van der Waals surface area contributed by atoms with Crippen LogP contribution in [0, 0.1) is 0 Å². The zero-order chi connectivity index (χ0) is 34.9. The number of hydrogen-bond donors (Lipinski definition) is 1. The van der Waals surface area contributed by atoms with Crippen molar-refractivity contribution in [2.75, 3.05) is 48.2 Å². The molecular formula is C45H47N5. The van der Waals surface area contributed by atoms with Gasteiger partial charge in [-0.05, 0) is 136 Å². The van der Waals surface area contributed by atoms with Crippen LogP contribution >= 0.6 is 0 Å². The molecule has 5 nitrogen and oxygen atoms in total. The number of anilines is 7. The number of benzene rings is 6. The minimum atomic E-state index is 0.0470. The summed E-state index contributed by atoms with van der Waals surface area (Å²) in [5.74, 6) is 1.27. The van der Waals surface area contributed by atoms with Crippen molar-refractivity contribution in [2.24, 2.45) is 0 Å². The Morgan fingerprint density at radius 2 is 1.34 bits per heavy atom. The minimum Gasteiger partial charge on any atom is -0.378 e. The lowest BCUT2D eigenvalue weighted by Crippen LogP contribution is -2.24. The van der Waals surface area contributed by atoms with Gasteiger partial charge in [0.25, 0.3) is 0 Å². The van der Waals surface area contributed by atoms with E-state index in [1.54, 1.807) is 0 Å². The van der Waals surface area contributed by atoms with E-state index in [0.717, 1.165) is 30.0 Å². The first-order valence-corrected chi connectivity index (χ1v) is 17.9. The van der Waals surface area contributed by atoms with E-state index < -0.39 is 0 Å². The molecule has 1 N–H and O–H groups in total. The third-order valence-electron chi connectivity index (χ3n) is 10.9. The topological polar surface area (TPSA) is 34.6 Å². The highest BCUT2D eigenvalue weighted by Crippen LogP contribution is 2.53. The molecule has 0 saturated heterocycles. The maximum absolute atomic E-state index is 4.93. The van der Waals surface area contributed by atoms with E-state index in [4.69, 9.17) is 4.98 Å². The van der Waals surface area contributed by atoms with Gasteiger partial charge in [0, 0.05) is 79.0 Å². The molecule has 0 saturated carbocycles. The number of aromatic nitrogens is 1.